The van der Waals surface area contributed by atoms with Crippen LogP contribution in [0.25, 0.3) is 0 Å². The Kier molecular flexibility index (Phi) is 7.80. The van der Waals surface area contributed by atoms with Gasteiger partial charge in [-0.25, -0.2) is 0 Å². The fraction of sp³-hybridized carbons (Fsp3) is 0.318. The van der Waals surface area contributed by atoms with Crippen molar-refractivity contribution in [1.29, 1.82) is 0 Å². The van der Waals surface area contributed by atoms with Gasteiger partial charge in [0, 0.05) is 17.2 Å². The highest BCUT2D eigenvalue weighted by molar-refractivity contribution is 6.00. The first-order valence-electron chi connectivity index (χ1n) is 9.46. The number of hydrogen-bond donors (Lipinski definition) is 3. The summed E-state index contributed by atoms with van der Waals surface area (Å²) in [5.41, 5.74) is 6.27. The molecular weight excluding hydrogens is 386 g/mol. The van der Waals surface area contributed by atoms with Gasteiger partial charge in [0.05, 0.1) is 14.2 Å². The highest BCUT2D eigenvalue weighted by Gasteiger charge is 2.25. The Morgan fingerprint density at radius 3 is 2.00 bits per heavy atom. The van der Waals surface area contributed by atoms with Gasteiger partial charge in [0.25, 0.3) is 17.7 Å². The Bertz CT molecular complexity index is 904. The first-order chi connectivity index (χ1) is 14.3. The van der Waals surface area contributed by atoms with Gasteiger partial charge in [0.15, 0.2) is 0 Å². The molecule has 0 aliphatic rings. The molecule has 0 aliphatic heterocycles. The molecule has 0 aliphatic carbocycles. The van der Waals surface area contributed by atoms with Gasteiger partial charge >= 0.3 is 0 Å². The van der Waals surface area contributed by atoms with E-state index in [0.717, 1.165) is 5.56 Å². The molecule has 0 radical (unpaired) electrons. The second-order valence-corrected chi connectivity index (χ2v) is 7.05. The summed E-state index contributed by atoms with van der Waals surface area (Å²) in [5, 5.41) is 2.73. The van der Waals surface area contributed by atoms with Gasteiger partial charge < -0.3 is 14.8 Å². The molecule has 0 unspecified atom stereocenters. The third-order valence-corrected chi connectivity index (χ3v) is 4.54. The smallest absolute Gasteiger partial charge is 0.269 e. The lowest BCUT2D eigenvalue weighted by atomic mass is 10.0. The third-order valence-electron chi connectivity index (χ3n) is 4.54. The molecule has 8 nitrogen and oxygen atoms in total. The maximum atomic E-state index is 12.6. The summed E-state index contributed by atoms with van der Waals surface area (Å²) in [5.74, 6) is -0.756. The van der Waals surface area contributed by atoms with Crippen molar-refractivity contribution in [2.24, 2.45) is 5.92 Å². The molecule has 0 spiro atoms. The van der Waals surface area contributed by atoms with E-state index in [1.807, 2.05) is 19.1 Å². The van der Waals surface area contributed by atoms with Crippen molar-refractivity contribution in [2.75, 3.05) is 14.2 Å². The van der Waals surface area contributed by atoms with Gasteiger partial charge in [0.2, 0.25) is 0 Å². The Labute approximate surface area is 175 Å². The summed E-state index contributed by atoms with van der Waals surface area (Å²) in [6, 6.07) is 10.9. The minimum atomic E-state index is -0.836. The highest BCUT2D eigenvalue weighted by Crippen LogP contribution is 2.22. The second-order valence-electron chi connectivity index (χ2n) is 7.05. The Balaban J connectivity index is 2.06. The summed E-state index contributed by atoms with van der Waals surface area (Å²) in [4.78, 5) is 37.6. The maximum absolute atomic E-state index is 12.6. The van der Waals surface area contributed by atoms with E-state index >= 15 is 0 Å². The van der Waals surface area contributed by atoms with Crippen LogP contribution in [0.15, 0.2) is 42.5 Å². The van der Waals surface area contributed by atoms with Crippen molar-refractivity contribution in [3.63, 3.8) is 0 Å². The molecule has 1 atom stereocenters. The van der Waals surface area contributed by atoms with Gasteiger partial charge in [-0.3, -0.25) is 25.2 Å². The number of rotatable bonds is 7. The van der Waals surface area contributed by atoms with Gasteiger partial charge in [-0.15, -0.1) is 0 Å². The molecule has 8 heteroatoms. The van der Waals surface area contributed by atoms with Crippen molar-refractivity contribution in [3.05, 3.63) is 59.2 Å². The first kappa shape index (κ1) is 22.7. The fourth-order valence-corrected chi connectivity index (χ4v) is 2.79. The van der Waals surface area contributed by atoms with E-state index in [1.54, 1.807) is 32.0 Å². The average Bonchev–Trinajstić information content (AvgIpc) is 2.74. The number of carbonyl (C=O) groups is 3. The van der Waals surface area contributed by atoms with Gasteiger partial charge in [0.1, 0.15) is 17.5 Å². The summed E-state index contributed by atoms with van der Waals surface area (Å²) >= 11 is 0. The molecule has 0 fully saturated rings. The van der Waals surface area contributed by atoms with Crippen LogP contribution in [0.2, 0.25) is 0 Å². The molecule has 0 bridgehead atoms. The van der Waals surface area contributed by atoms with Crippen LogP contribution in [-0.4, -0.2) is 38.0 Å². The number of hydrogen-bond acceptors (Lipinski definition) is 5. The molecule has 0 saturated heterocycles. The molecule has 2 aromatic carbocycles. The van der Waals surface area contributed by atoms with E-state index in [0.29, 0.717) is 17.1 Å². The van der Waals surface area contributed by atoms with Crippen LogP contribution in [0.4, 0.5) is 0 Å². The molecule has 160 valence electrons. The summed E-state index contributed by atoms with van der Waals surface area (Å²) in [6.07, 6.45) is 0. The minimum Gasteiger partial charge on any atom is -0.497 e. The molecule has 2 aromatic rings. The topological polar surface area (TPSA) is 106 Å². The zero-order chi connectivity index (χ0) is 22.3. The van der Waals surface area contributed by atoms with Crippen LogP contribution in [0, 0.1) is 12.8 Å². The minimum absolute atomic E-state index is 0.202. The van der Waals surface area contributed by atoms with Gasteiger partial charge in [-0.1, -0.05) is 32.0 Å². The normalized spacial score (nSPS) is 11.4. The van der Waals surface area contributed by atoms with Gasteiger partial charge in [-0.05, 0) is 36.6 Å². The van der Waals surface area contributed by atoms with E-state index < -0.39 is 17.9 Å². The van der Waals surface area contributed by atoms with E-state index in [2.05, 4.69) is 16.2 Å². The fourth-order valence-electron chi connectivity index (χ4n) is 2.79. The molecule has 2 rings (SSSR count). The summed E-state index contributed by atoms with van der Waals surface area (Å²) in [7, 11) is 2.95. The molecule has 3 N–H and O–H groups in total. The number of ether oxygens (including phenoxy) is 2. The number of carbonyl (C=O) groups excluding carboxylic acids is 3. The van der Waals surface area contributed by atoms with E-state index in [4.69, 9.17) is 9.47 Å². The zero-order valence-corrected chi connectivity index (χ0v) is 17.7. The molecule has 0 aromatic heterocycles. The van der Waals surface area contributed by atoms with E-state index in [-0.39, 0.29) is 17.4 Å². The summed E-state index contributed by atoms with van der Waals surface area (Å²) < 4.78 is 10.3. The molecular formula is C22H27N3O5. The first-order valence-corrected chi connectivity index (χ1v) is 9.46. The Hall–Kier alpha value is -3.55. The zero-order valence-electron chi connectivity index (χ0n) is 17.7. The quantitative estimate of drug-likeness (QED) is 0.604. The third kappa shape index (κ3) is 5.73. The number of nitrogens with one attached hydrogen (secondary N) is 3. The largest absolute Gasteiger partial charge is 0.497 e. The Morgan fingerprint density at radius 2 is 1.47 bits per heavy atom. The predicted molar refractivity (Wildman–Crippen MR) is 112 cm³/mol. The molecule has 3 amide bonds. The second kappa shape index (κ2) is 10.3. The molecule has 30 heavy (non-hydrogen) atoms. The Morgan fingerprint density at radius 1 is 0.867 bits per heavy atom. The maximum Gasteiger partial charge on any atom is 0.269 e. The van der Waals surface area contributed by atoms with Crippen LogP contribution >= 0.6 is 0 Å². The van der Waals surface area contributed by atoms with Crippen molar-refractivity contribution in [1.82, 2.24) is 16.2 Å². The molecule has 0 saturated carbocycles. The highest BCUT2D eigenvalue weighted by atomic mass is 16.5. The number of benzene rings is 2. The number of aryl methyl sites for hydroxylation is 1. The van der Waals surface area contributed by atoms with Crippen LogP contribution in [-0.2, 0) is 4.79 Å². The lowest BCUT2D eigenvalue weighted by molar-refractivity contribution is -0.124. The van der Waals surface area contributed by atoms with Crippen LogP contribution in [0.1, 0.15) is 40.1 Å². The predicted octanol–water partition coefficient (Wildman–Crippen LogP) is 2.23. The SMILES string of the molecule is COc1cc(OC)cc(C(=O)NNC(=O)[C@@H](NC(=O)c2ccccc2C)C(C)C)c1. The van der Waals surface area contributed by atoms with Crippen molar-refractivity contribution >= 4 is 17.7 Å². The van der Waals surface area contributed by atoms with Crippen LogP contribution in [0.5, 0.6) is 11.5 Å². The van der Waals surface area contributed by atoms with Crippen LogP contribution < -0.4 is 25.6 Å². The van der Waals surface area contributed by atoms with E-state index in [9.17, 15) is 14.4 Å². The monoisotopic (exact) mass is 413 g/mol. The number of methoxy groups -OCH3 is 2. The standard InChI is InChI=1S/C22H27N3O5/c1-13(2)19(23-21(27)18-9-7-6-8-14(18)3)22(28)25-24-20(26)15-10-16(29-4)12-17(11-15)30-5/h6-13,19H,1-5H3,(H,23,27)(H,24,26)(H,25,28)/t19-/m0/s1. The van der Waals surface area contributed by atoms with Crippen molar-refractivity contribution in [2.45, 2.75) is 26.8 Å². The van der Waals surface area contributed by atoms with Crippen molar-refractivity contribution in [3.8, 4) is 11.5 Å². The van der Waals surface area contributed by atoms with Gasteiger partial charge in [-0.2, -0.15) is 0 Å². The van der Waals surface area contributed by atoms with E-state index in [1.165, 1.54) is 26.4 Å². The van der Waals surface area contributed by atoms with Crippen LogP contribution in [0.3, 0.4) is 0 Å². The average molecular weight is 413 g/mol. The number of amides is 3. The number of hydrazine groups is 1. The lowest BCUT2D eigenvalue weighted by Gasteiger charge is -2.22. The lowest BCUT2D eigenvalue weighted by Crippen LogP contribution is -2.54. The van der Waals surface area contributed by atoms with Crippen molar-refractivity contribution < 1.29 is 23.9 Å². The summed E-state index contributed by atoms with van der Waals surface area (Å²) in [6.45, 7) is 5.43. The molecule has 0 heterocycles.